The number of Topliss-reactive ketones (excluding diaryl/α,β-unsaturated/α-hetero) is 1. The number of carbonyl (C=O) groups is 2. The lowest BCUT2D eigenvalue weighted by Crippen LogP contribution is -2.43. The van der Waals surface area contributed by atoms with Crippen LogP contribution < -0.4 is 0 Å². The topological polar surface area (TPSA) is 52.6 Å². The van der Waals surface area contributed by atoms with Crippen molar-refractivity contribution in [1.29, 1.82) is 0 Å². The Kier molecular flexibility index (Phi) is 4.31. The van der Waals surface area contributed by atoms with Crippen molar-refractivity contribution in [2.45, 2.75) is 52.1 Å². The van der Waals surface area contributed by atoms with Crippen molar-refractivity contribution in [3.05, 3.63) is 0 Å². The summed E-state index contributed by atoms with van der Waals surface area (Å²) >= 11 is 0. The van der Waals surface area contributed by atoms with E-state index < -0.39 is 17.0 Å². The van der Waals surface area contributed by atoms with E-state index in [4.69, 9.17) is 9.47 Å². The molecule has 0 radical (unpaired) electrons. The Morgan fingerprint density at radius 3 is 2.18 bits per heavy atom. The molecule has 0 spiro atoms. The first kappa shape index (κ1) is 14.2. The molecule has 1 fully saturated rings. The van der Waals surface area contributed by atoms with Gasteiger partial charge in [-0.2, -0.15) is 0 Å². The van der Waals surface area contributed by atoms with Gasteiger partial charge in [-0.3, -0.25) is 9.59 Å². The van der Waals surface area contributed by atoms with Crippen LogP contribution in [0, 0.1) is 5.41 Å². The van der Waals surface area contributed by atoms with Gasteiger partial charge in [0.2, 0.25) is 0 Å². The van der Waals surface area contributed by atoms with Crippen molar-refractivity contribution in [2.24, 2.45) is 5.41 Å². The third-order valence-electron chi connectivity index (χ3n) is 3.05. The fourth-order valence-electron chi connectivity index (χ4n) is 2.08. The molecule has 17 heavy (non-hydrogen) atoms. The number of ketones is 1. The van der Waals surface area contributed by atoms with Crippen molar-refractivity contribution in [1.82, 2.24) is 0 Å². The molecule has 0 saturated heterocycles. The maximum Gasteiger partial charge on any atom is 0.313 e. The second kappa shape index (κ2) is 5.17. The highest BCUT2D eigenvalue weighted by Gasteiger charge is 2.44. The maximum absolute atomic E-state index is 12.1. The fraction of sp³-hybridized carbons (Fsp3) is 0.846. The summed E-state index contributed by atoms with van der Waals surface area (Å²) in [5.41, 5.74) is -0.961. The second-order valence-corrected chi connectivity index (χ2v) is 5.75. The second-order valence-electron chi connectivity index (χ2n) is 5.75. The van der Waals surface area contributed by atoms with Gasteiger partial charge in [-0.25, -0.2) is 0 Å². The lowest BCUT2D eigenvalue weighted by Gasteiger charge is -2.39. The van der Waals surface area contributed by atoms with Crippen LogP contribution in [0.4, 0.5) is 0 Å². The predicted molar refractivity (Wildman–Crippen MR) is 63.6 cm³/mol. The smallest absolute Gasteiger partial charge is 0.313 e. The minimum Gasteiger partial charge on any atom is -0.460 e. The Hall–Kier alpha value is -0.900. The molecule has 0 amide bonds. The maximum atomic E-state index is 12.1. The fourth-order valence-corrected chi connectivity index (χ4v) is 2.08. The Labute approximate surface area is 103 Å². The van der Waals surface area contributed by atoms with Crippen molar-refractivity contribution >= 4 is 11.8 Å². The van der Waals surface area contributed by atoms with Crippen molar-refractivity contribution in [2.75, 3.05) is 13.7 Å². The van der Waals surface area contributed by atoms with Gasteiger partial charge in [-0.1, -0.05) is 6.42 Å². The van der Waals surface area contributed by atoms with Gasteiger partial charge in [0.1, 0.15) is 12.0 Å². The first-order valence-electron chi connectivity index (χ1n) is 6.03. The molecular weight excluding hydrogens is 220 g/mol. The Bertz CT molecular complexity index is 297. The van der Waals surface area contributed by atoms with Crippen molar-refractivity contribution in [3.8, 4) is 0 Å². The zero-order chi connectivity index (χ0) is 13.1. The SMILES string of the molecule is COCC1(C(=O)CC(=O)OC(C)(C)C)CCC1. The van der Waals surface area contributed by atoms with Crippen LogP contribution in [0.15, 0.2) is 0 Å². The van der Waals surface area contributed by atoms with Crippen molar-refractivity contribution in [3.63, 3.8) is 0 Å². The molecule has 1 rings (SSSR count). The molecule has 0 aromatic heterocycles. The summed E-state index contributed by atoms with van der Waals surface area (Å²) in [4.78, 5) is 23.6. The van der Waals surface area contributed by atoms with Crippen LogP contribution in [0.3, 0.4) is 0 Å². The molecule has 0 aromatic carbocycles. The monoisotopic (exact) mass is 242 g/mol. The van der Waals surface area contributed by atoms with Crippen LogP contribution in [0.1, 0.15) is 46.5 Å². The van der Waals surface area contributed by atoms with Crippen LogP contribution in [-0.4, -0.2) is 31.1 Å². The van der Waals surface area contributed by atoms with Crippen LogP contribution in [0.2, 0.25) is 0 Å². The van der Waals surface area contributed by atoms with E-state index in [0.29, 0.717) is 6.61 Å². The molecule has 4 nitrogen and oxygen atoms in total. The van der Waals surface area contributed by atoms with E-state index in [0.717, 1.165) is 19.3 Å². The molecule has 0 atom stereocenters. The highest BCUT2D eigenvalue weighted by molar-refractivity contribution is 5.99. The molecule has 1 aliphatic carbocycles. The van der Waals surface area contributed by atoms with Gasteiger partial charge in [0, 0.05) is 7.11 Å². The van der Waals surface area contributed by atoms with Gasteiger partial charge >= 0.3 is 5.97 Å². The molecule has 4 heteroatoms. The van der Waals surface area contributed by atoms with Crippen LogP contribution >= 0.6 is 0 Å². The van der Waals surface area contributed by atoms with Gasteiger partial charge in [0.05, 0.1) is 12.0 Å². The lowest BCUT2D eigenvalue weighted by atomic mass is 9.66. The van der Waals surface area contributed by atoms with E-state index in [2.05, 4.69) is 0 Å². The van der Waals surface area contributed by atoms with E-state index in [-0.39, 0.29) is 12.2 Å². The Morgan fingerprint density at radius 2 is 1.82 bits per heavy atom. The normalized spacial score (nSPS) is 18.4. The van der Waals surface area contributed by atoms with Gasteiger partial charge in [-0.15, -0.1) is 0 Å². The summed E-state index contributed by atoms with van der Waals surface area (Å²) in [5, 5.41) is 0. The number of carbonyl (C=O) groups excluding carboxylic acids is 2. The van der Waals surface area contributed by atoms with E-state index in [9.17, 15) is 9.59 Å². The van der Waals surface area contributed by atoms with Gasteiger partial charge < -0.3 is 9.47 Å². The zero-order valence-corrected chi connectivity index (χ0v) is 11.2. The minimum absolute atomic E-state index is 0.0418. The molecule has 1 saturated carbocycles. The standard InChI is InChI=1S/C13H22O4/c1-12(2,3)17-11(15)8-10(14)13(9-16-4)6-5-7-13/h5-9H2,1-4H3. The lowest BCUT2D eigenvalue weighted by molar-refractivity contribution is -0.159. The van der Waals surface area contributed by atoms with E-state index in [1.54, 1.807) is 27.9 Å². The first-order valence-corrected chi connectivity index (χ1v) is 6.03. The summed E-state index contributed by atoms with van der Waals surface area (Å²) < 4.78 is 10.2. The number of hydrogen-bond acceptors (Lipinski definition) is 4. The molecule has 0 aliphatic heterocycles. The quantitative estimate of drug-likeness (QED) is 0.547. The van der Waals surface area contributed by atoms with Crippen LogP contribution in [0.5, 0.6) is 0 Å². The highest BCUT2D eigenvalue weighted by Crippen LogP contribution is 2.42. The number of ether oxygens (including phenoxy) is 2. The Morgan fingerprint density at radius 1 is 1.24 bits per heavy atom. The van der Waals surface area contributed by atoms with Gasteiger partial charge in [0.25, 0.3) is 0 Å². The molecule has 0 heterocycles. The van der Waals surface area contributed by atoms with Crippen LogP contribution in [0.25, 0.3) is 0 Å². The third kappa shape index (κ3) is 3.80. The molecule has 0 bridgehead atoms. The van der Waals surface area contributed by atoms with E-state index in [1.165, 1.54) is 0 Å². The zero-order valence-electron chi connectivity index (χ0n) is 11.2. The third-order valence-corrected chi connectivity index (χ3v) is 3.05. The number of methoxy groups -OCH3 is 1. The predicted octanol–water partition coefficient (Wildman–Crippen LogP) is 2.10. The highest BCUT2D eigenvalue weighted by atomic mass is 16.6. The van der Waals surface area contributed by atoms with E-state index >= 15 is 0 Å². The summed E-state index contributed by atoms with van der Waals surface area (Å²) in [6.45, 7) is 5.80. The van der Waals surface area contributed by atoms with Gasteiger partial charge in [0.15, 0.2) is 5.78 Å². The van der Waals surface area contributed by atoms with Gasteiger partial charge in [-0.05, 0) is 33.6 Å². The summed E-state index contributed by atoms with van der Waals surface area (Å²) in [6.07, 6.45) is 2.54. The average Bonchev–Trinajstić information content (AvgIpc) is 2.07. The van der Waals surface area contributed by atoms with Crippen molar-refractivity contribution < 1.29 is 19.1 Å². The molecule has 0 N–H and O–H groups in total. The molecule has 1 aliphatic rings. The largest absolute Gasteiger partial charge is 0.460 e. The summed E-state index contributed by atoms with van der Waals surface area (Å²) in [7, 11) is 1.58. The minimum atomic E-state index is -0.536. The van der Waals surface area contributed by atoms with Crippen LogP contribution in [-0.2, 0) is 19.1 Å². The first-order chi connectivity index (χ1) is 7.79. The molecular formula is C13H22O4. The molecule has 0 aromatic rings. The molecule has 98 valence electrons. The number of esters is 1. The number of rotatable bonds is 5. The number of hydrogen-bond donors (Lipinski definition) is 0. The summed E-state index contributed by atoms with van der Waals surface area (Å²) in [5.74, 6) is -0.482. The average molecular weight is 242 g/mol. The molecule has 0 unspecified atom stereocenters. The van der Waals surface area contributed by atoms with E-state index in [1.807, 2.05) is 0 Å². The summed E-state index contributed by atoms with van der Waals surface area (Å²) in [6, 6.07) is 0. The Balaban J connectivity index is 2.51.